The lowest BCUT2D eigenvalue weighted by atomic mass is 9.81. The van der Waals surface area contributed by atoms with E-state index in [1.54, 1.807) is 30.6 Å². The van der Waals surface area contributed by atoms with Crippen molar-refractivity contribution in [2.45, 2.75) is 58.0 Å². The first-order chi connectivity index (χ1) is 24.7. The number of ether oxygens (including phenoxy) is 1. The average Bonchev–Trinajstić information content (AvgIpc) is 3.95. The Morgan fingerprint density at radius 1 is 1.10 bits per heavy atom. The van der Waals surface area contributed by atoms with Gasteiger partial charge in [-0.1, -0.05) is 43.2 Å². The molecule has 51 heavy (non-hydrogen) atoms. The number of benzene rings is 2. The van der Waals surface area contributed by atoms with E-state index in [0.717, 1.165) is 68.3 Å². The Morgan fingerprint density at radius 2 is 1.94 bits per heavy atom. The lowest BCUT2D eigenvalue weighted by molar-refractivity contribution is 0.0739. The highest BCUT2D eigenvalue weighted by Gasteiger charge is 2.52. The topological polar surface area (TPSA) is 132 Å². The number of nitrogens with one attached hydrogen (secondary N) is 1. The van der Waals surface area contributed by atoms with Crippen molar-refractivity contribution in [3.05, 3.63) is 100 Å². The third-order valence-electron chi connectivity index (χ3n) is 10.7. The minimum absolute atomic E-state index is 0.0488. The van der Waals surface area contributed by atoms with E-state index in [-0.39, 0.29) is 41.1 Å². The number of thiophene rings is 1. The van der Waals surface area contributed by atoms with Gasteiger partial charge in [0.05, 0.1) is 46.4 Å². The molecule has 1 saturated heterocycles. The van der Waals surface area contributed by atoms with Crippen molar-refractivity contribution in [3.63, 3.8) is 0 Å². The molecule has 1 aliphatic carbocycles. The molecule has 6 aromatic rings. The van der Waals surface area contributed by atoms with Gasteiger partial charge in [0.1, 0.15) is 17.4 Å². The van der Waals surface area contributed by atoms with E-state index < -0.39 is 0 Å². The molecule has 258 valence electrons. The third kappa shape index (κ3) is 5.14. The van der Waals surface area contributed by atoms with Crippen molar-refractivity contribution in [1.29, 1.82) is 0 Å². The summed E-state index contributed by atoms with van der Waals surface area (Å²) in [7, 11) is 1.71. The normalized spacial score (nSPS) is 18.7. The molecule has 10 nitrogen and oxygen atoms in total. The fraction of sp³-hybridized carbons (Fsp3) is 0.308. The smallest absolute Gasteiger partial charge is 0.313 e. The summed E-state index contributed by atoms with van der Waals surface area (Å²) in [6.07, 6.45) is 5.62. The highest BCUT2D eigenvalue weighted by molar-refractivity contribution is 7.23. The molecule has 6 heterocycles. The SMILES string of the molecule is COc1cccc2c1CC[C@H]2Nc1nccc2cc(-c3c4c(nc(CCc5ccc(F)cc5)c3-c3nnc(N)o3)[C@H]3N(CCC3(C)C)C4=O)sc12. The van der Waals surface area contributed by atoms with Crippen LogP contribution >= 0.6 is 11.3 Å². The Kier molecular flexibility index (Phi) is 7.36. The Balaban J connectivity index is 1.22. The maximum absolute atomic E-state index is 14.5. The summed E-state index contributed by atoms with van der Waals surface area (Å²) < 4.78 is 26.3. The number of nitrogens with two attached hydrogens (primary N) is 1. The van der Waals surface area contributed by atoms with Gasteiger partial charge >= 0.3 is 6.01 Å². The first-order valence-electron chi connectivity index (χ1n) is 17.2. The van der Waals surface area contributed by atoms with Gasteiger partial charge in [-0.15, -0.1) is 16.4 Å². The van der Waals surface area contributed by atoms with Crippen molar-refractivity contribution in [1.82, 2.24) is 25.1 Å². The fourth-order valence-electron chi connectivity index (χ4n) is 8.27. The van der Waals surface area contributed by atoms with Crippen molar-refractivity contribution in [2.24, 2.45) is 5.41 Å². The number of halogens is 1. The van der Waals surface area contributed by atoms with Gasteiger partial charge in [-0.3, -0.25) is 9.78 Å². The standard InChI is InChI=1S/C39H36FN7O3S/c1-39(2)16-18-47-34(39)32-31(37(47)48)30(29(36-45-46-38(41)50-36)26(43-32)13-9-20-7-10-22(40)11-8-20)28-19-21-15-17-42-35(33(21)51-28)44-25-14-12-24-23(25)5-4-6-27(24)49-3/h4-8,10-11,15,17,19,25,34H,9,12-14,16,18H2,1-3H3,(H2,41,46)(H,42,44)/t25-,34-/m1/s1. The Labute approximate surface area is 297 Å². The summed E-state index contributed by atoms with van der Waals surface area (Å²) in [5.41, 5.74) is 12.6. The van der Waals surface area contributed by atoms with E-state index >= 15 is 0 Å². The van der Waals surface area contributed by atoms with E-state index in [1.807, 2.05) is 29.3 Å². The zero-order valence-corrected chi connectivity index (χ0v) is 29.3. The van der Waals surface area contributed by atoms with Crippen LogP contribution in [0.5, 0.6) is 5.75 Å². The van der Waals surface area contributed by atoms with Crippen LogP contribution in [0.2, 0.25) is 0 Å². The quantitative estimate of drug-likeness (QED) is 0.162. The molecule has 0 bridgehead atoms. The first-order valence-corrected chi connectivity index (χ1v) is 18.0. The number of aryl methyl sites for hydroxylation is 2. The summed E-state index contributed by atoms with van der Waals surface area (Å²) in [4.78, 5) is 27.4. The molecule has 3 aliphatic rings. The number of pyridine rings is 2. The molecular weight excluding hydrogens is 666 g/mol. The van der Waals surface area contributed by atoms with Crippen LogP contribution in [-0.4, -0.2) is 44.6 Å². The van der Waals surface area contributed by atoms with Gasteiger partial charge in [0, 0.05) is 23.2 Å². The van der Waals surface area contributed by atoms with Crippen molar-refractivity contribution in [3.8, 4) is 27.6 Å². The highest BCUT2D eigenvalue weighted by atomic mass is 32.1. The summed E-state index contributed by atoms with van der Waals surface area (Å²) in [6.45, 7) is 5.05. The van der Waals surface area contributed by atoms with E-state index in [4.69, 9.17) is 24.9 Å². The number of nitrogens with zero attached hydrogens (tertiary/aromatic N) is 5. The van der Waals surface area contributed by atoms with Gasteiger partial charge in [-0.25, -0.2) is 9.37 Å². The number of aromatic nitrogens is 4. The summed E-state index contributed by atoms with van der Waals surface area (Å²) in [6, 6.07) is 16.6. The Hall–Kier alpha value is -5.36. The maximum atomic E-state index is 14.5. The Bertz CT molecular complexity index is 2350. The van der Waals surface area contributed by atoms with Crippen LogP contribution in [0.1, 0.15) is 77.2 Å². The molecule has 9 rings (SSSR count). The predicted molar refractivity (Wildman–Crippen MR) is 194 cm³/mol. The second-order valence-corrected chi connectivity index (χ2v) is 15.3. The molecule has 0 spiro atoms. The second kappa shape index (κ2) is 11.9. The van der Waals surface area contributed by atoms with Crippen LogP contribution in [0, 0.1) is 11.2 Å². The van der Waals surface area contributed by atoms with E-state index in [1.165, 1.54) is 23.3 Å². The molecule has 2 atom stereocenters. The molecule has 12 heteroatoms. The summed E-state index contributed by atoms with van der Waals surface area (Å²) in [5, 5.41) is 13.1. The molecular formula is C39H36FN7O3S. The zero-order chi connectivity index (χ0) is 35.0. The predicted octanol–water partition coefficient (Wildman–Crippen LogP) is 7.95. The number of hydrogen-bond donors (Lipinski definition) is 2. The van der Waals surface area contributed by atoms with E-state index in [0.29, 0.717) is 30.5 Å². The average molecular weight is 702 g/mol. The number of nitrogen functional groups attached to an aromatic ring is 1. The molecule has 0 radical (unpaired) electrons. The van der Waals surface area contributed by atoms with Gasteiger partial charge in [0.25, 0.3) is 11.8 Å². The van der Waals surface area contributed by atoms with E-state index in [2.05, 4.69) is 41.5 Å². The first kappa shape index (κ1) is 31.6. The molecule has 0 saturated carbocycles. The minimum Gasteiger partial charge on any atom is -0.496 e. The number of amides is 1. The second-order valence-electron chi connectivity index (χ2n) is 14.2. The largest absolute Gasteiger partial charge is 0.496 e. The van der Waals surface area contributed by atoms with Gasteiger partial charge in [0.15, 0.2) is 0 Å². The third-order valence-corrected chi connectivity index (χ3v) is 11.9. The molecule has 0 unspecified atom stereocenters. The molecule has 3 N–H and O–H groups in total. The van der Waals surface area contributed by atoms with Crippen LogP contribution in [0.4, 0.5) is 16.2 Å². The summed E-state index contributed by atoms with van der Waals surface area (Å²) >= 11 is 1.57. The lowest BCUT2D eigenvalue weighted by Crippen LogP contribution is -2.26. The molecule has 1 fully saturated rings. The monoisotopic (exact) mass is 701 g/mol. The van der Waals surface area contributed by atoms with Crippen LogP contribution < -0.4 is 15.8 Å². The van der Waals surface area contributed by atoms with Gasteiger partial charge < -0.3 is 25.1 Å². The summed E-state index contributed by atoms with van der Waals surface area (Å²) in [5.74, 6) is 1.56. The highest BCUT2D eigenvalue weighted by Crippen LogP contribution is 2.55. The van der Waals surface area contributed by atoms with Gasteiger partial charge in [-0.05, 0) is 89.9 Å². The van der Waals surface area contributed by atoms with Crippen LogP contribution in [0.15, 0.2) is 65.2 Å². The molecule has 2 aliphatic heterocycles. The lowest BCUT2D eigenvalue weighted by Gasteiger charge is -2.27. The number of fused-ring (bicyclic) bond motifs is 5. The molecule has 2 aromatic carbocycles. The number of methoxy groups -OCH3 is 1. The molecule has 4 aromatic heterocycles. The zero-order valence-electron chi connectivity index (χ0n) is 28.5. The number of carbonyl (C=O) groups is 1. The van der Waals surface area contributed by atoms with E-state index in [9.17, 15) is 9.18 Å². The maximum Gasteiger partial charge on any atom is 0.313 e. The molecule has 1 amide bonds. The van der Waals surface area contributed by atoms with Crippen LogP contribution in [-0.2, 0) is 19.3 Å². The van der Waals surface area contributed by atoms with Crippen LogP contribution in [0.25, 0.3) is 32.0 Å². The van der Waals surface area contributed by atoms with Crippen molar-refractivity contribution in [2.75, 3.05) is 24.7 Å². The number of anilines is 2. The van der Waals surface area contributed by atoms with Crippen molar-refractivity contribution >= 4 is 39.2 Å². The fourth-order valence-corrected chi connectivity index (χ4v) is 9.44. The minimum atomic E-state index is -0.286. The van der Waals surface area contributed by atoms with Gasteiger partial charge in [-0.2, -0.15) is 0 Å². The van der Waals surface area contributed by atoms with Gasteiger partial charge in [0.2, 0.25) is 0 Å². The Morgan fingerprint density at radius 3 is 2.73 bits per heavy atom. The van der Waals surface area contributed by atoms with Crippen molar-refractivity contribution < 1.29 is 18.3 Å². The number of hydrogen-bond acceptors (Lipinski definition) is 10. The number of rotatable bonds is 8. The van der Waals surface area contributed by atoms with Crippen LogP contribution in [0.3, 0.4) is 0 Å². The number of carbonyl (C=O) groups excluding carboxylic acids is 1.